The lowest BCUT2D eigenvalue weighted by Gasteiger charge is -2.28. The number of nitrogens with two attached hydrogens (primary N) is 1. The van der Waals surface area contributed by atoms with Gasteiger partial charge in [0.05, 0.1) is 19.0 Å². The fourth-order valence-corrected chi connectivity index (χ4v) is 2.02. The van der Waals surface area contributed by atoms with Crippen LogP contribution >= 0.6 is 0 Å². The number of anilines is 1. The lowest BCUT2D eigenvalue weighted by Crippen LogP contribution is -2.38. The van der Waals surface area contributed by atoms with Crippen molar-refractivity contribution in [3.8, 4) is 5.75 Å². The minimum absolute atomic E-state index is 0.614. The molecular formula is C13H24N4O2. The Morgan fingerprint density at radius 3 is 2.37 bits per heavy atom. The van der Waals surface area contributed by atoms with E-state index >= 15 is 0 Å². The summed E-state index contributed by atoms with van der Waals surface area (Å²) < 4.78 is 0. The molecule has 0 saturated heterocycles. The van der Waals surface area contributed by atoms with Crippen molar-refractivity contribution < 1.29 is 9.88 Å². The standard InChI is InChI=1S/C13H24N4O2/c1-11-6-7-12(13(8-11)18-19-14)17(5)10-16(4)9-15(2)3/h6-8H,9-10,14H2,1-5H3. The molecule has 6 nitrogen and oxygen atoms in total. The topological polar surface area (TPSA) is 54.2 Å². The van der Waals surface area contributed by atoms with Gasteiger partial charge in [-0.05, 0) is 45.8 Å². The Bertz CT molecular complexity index is 398. The third-order valence-corrected chi connectivity index (χ3v) is 2.64. The van der Waals surface area contributed by atoms with Crippen LogP contribution in [0, 0.1) is 6.92 Å². The van der Waals surface area contributed by atoms with Crippen LogP contribution in [0.1, 0.15) is 5.56 Å². The summed E-state index contributed by atoms with van der Waals surface area (Å²) >= 11 is 0. The quantitative estimate of drug-likeness (QED) is 0.453. The van der Waals surface area contributed by atoms with Gasteiger partial charge in [-0.15, -0.1) is 0 Å². The summed E-state index contributed by atoms with van der Waals surface area (Å²) in [6.45, 7) is 3.63. The van der Waals surface area contributed by atoms with Crippen molar-refractivity contribution in [1.82, 2.24) is 9.80 Å². The second-order valence-electron chi connectivity index (χ2n) is 5.07. The third kappa shape index (κ3) is 5.04. The Labute approximate surface area is 115 Å². The first-order valence-electron chi connectivity index (χ1n) is 6.12. The zero-order valence-corrected chi connectivity index (χ0v) is 12.4. The Hall–Kier alpha value is -1.34. The van der Waals surface area contributed by atoms with Gasteiger partial charge in [-0.2, -0.15) is 5.90 Å². The predicted octanol–water partition coefficient (Wildman–Crippen LogP) is 1.02. The molecule has 1 rings (SSSR count). The zero-order valence-electron chi connectivity index (χ0n) is 12.4. The first-order chi connectivity index (χ1) is 8.93. The Morgan fingerprint density at radius 2 is 1.79 bits per heavy atom. The molecule has 0 bridgehead atoms. The molecule has 0 aliphatic rings. The van der Waals surface area contributed by atoms with Crippen LogP contribution in [0.15, 0.2) is 18.2 Å². The smallest absolute Gasteiger partial charge is 0.191 e. The third-order valence-electron chi connectivity index (χ3n) is 2.64. The van der Waals surface area contributed by atoms with Crippen LogP contribution in [-0.2, 0) is 4.99 Å². The Balaban J connectivity index is 2.77. The maximum Gasteiger partial charge on any atom is 0.191 e. The maximum atomic E-state index is 5.01. The molecule has 0 aliphatic carbocycles. The highest BCUT2D eigenvalue weighted by molar-refractivity contribution is 5.58. The zero-order chi connectivity index (χ0) is 14.4. The van der Waals surface area contributed by atoms with Crippen molar-refractivity contribution in [2.45, 2.75) is 6.92 Å². The fraction of sp³-hybridized carbons (Fsp3) is 0.538. The summed E-state index contributed by atoms with van der Waals surface area (Å²) in [4.78, 5) is 15.7. The molecule has 0 atom stereocenters. The lowest BCUT2D eigenvalue weighted by molar-refractivity contribution is -0.211. The van der Waals surface area contributed by atoms with Gasteiger partial charge in [0.25, 0.3) is 0 Å². The van der Waals surface area contributed by atoms with Crippen LogP contribution in [0.25, 0.3) is 0 Å². The molecule has 0 unspecified atom stereocenters. The van der Waals surface area contributed by atoms with Crippen molar-refractivity contribution in [3.05, 3.63) is 23.8 Å². The highest BCUT2D eigenvalue weighted by Crippen LogP contribution is 2.28. The van der Waals surface area contributed by atoms with Crippen molar-refractivity contribution in [2.24, 2.45) is 5.90 Å². The first kappa shape index (κ1) is 15.7. The molecule has 0 saturated carbocycles. The van der Waals surface area contributed by atoms with Crippen molar-refractivity contribution >= 4 is 5.69 Å². The minimum Gasteiger partial charge on any atom is -0.358 e. The van der Waals surface area contributed by atoms with Crippen molar-refractivity contribution in [2.75, 3.05) is 46.4 Å². The van der Waals surface area contributed by atoms with Crippen molar-refractivity contribution in [1.29, 1.82) is 0 Å². The Kier molecular flexibility index (Phi) is 6.04. The molecule has 1 aromatic rings. The minimum atomic E-state index is 0.614. The van der Waals surface area contributed by atoms with Gasteiger partial charge in [0.1, 0.15) is 0 Å². The highest BCUT2D eigenvalue weighted by Gasteiger charge is 2.12. The molecule has 108 valence electrons. The van der Waals surface area contributed by atoms with E-state index in [0.717, 1.165) is 24.6 Å². The molecule has 6 heteroatoms. The average Bonchev–Trinajstić information content (AvgIpc) is 2.27. The van der Waals surface area contributed by atoms with Crippen LogP contribution in [0.2, 0.25) is 0 Å². The number of hydrogen-bond acceptors (Lipinski definition) is 6. The van der Waals surface area contributed by atoms with Crippen molar-refractivity contribution in [3.63, 3.8) is 0 Å². The van der Waals surface area contributed by atoms with Crippen LogP contribution in [0.3, 0.4) is 0 Å². The van der Waals surface area contributed by atoms with Gasteiger partial charge in [0.2, 0.25) is 0 Å². The van der Waals surface area contributed by atoms with E-state index in [1.807, 2.05) is 46.3 Å². The summed E-state index contributed by atoms with van der Waals surface area (Å²) in [6.07, 6.45) is 0. The van der Waals surface area contributed by atoms with Crippen LogP contribution < -0.4 is 15.7 Å². The van der Waals surface area contributed by atoms with E-state index in [4.69, 9.17) is 10.8 Å². The average molecular weight is 268 g/mol. The molecule has 0 heterocycles. The number of aryl methyl sites for hydroxylation is 1. The van der Waals surface area contributed by atoms with E-state index in [1.165, 1.54) is 0 Å². The number of benzene rings is 1. The predicted molar refractivity (Wildman–Crippen MR) is 76.7 cm³/mol. The summed E-state index contributed by atoms with van der Waals surface area (Å²) in [5.74, 6) is 5.60. The maximum absolute atomic E-state index is 5.01. The summed E-state index contributed by atoms with van der Waals surface area (Å²) in [5, 5.41) is 0. The van der Waals surface area contributed by atoms with E-state index in [9.17, 15) is 0 Å². The second kappa shape index (κ2) is 7.30. The van der Waals surface area contributed by atoms with Gasteiger partial charge in [-0.25, -0.2) is 0 Å². The fourth-order valence-electron chi connectivity index (χ4n) is 2.02. The number of nitrogens with zero attached hydrogens (tertiary/aromatic N) is 3. The summed E-state index contributed by atoms with van der Waals surface area (Å²) in [6, 6.07) is 5.92. The van der Waals surface area contributed by atoms with Gasteiger partial charge >= 0.3 is 0 Å². The molecule has 0 radical (unpaired) electrons. The molecule has 0 amide bonds. The highest BCUT2D eigenvalue weighted by atomic mass is 17.3. The lowest BCUT2D eigenvalue weighted by atomic mass is 10.2. The largest absolute Gasteiger partial charge is 0.358 e. The van der Waals surface area contributed by atoms with Gasteiger partial charge < -0.3 is 9.79 Å². The molecule has 19 heavy (non-hydrogen) atoms. The van der Waals surface area contributed by atoms with E-state index in [0.29, 0.717) is 5.75 Å². The monoisotopic (exact) mass is 268 g/mol. The molecule has 1 aromatic carbocycles. The van der Waals surface area contributed by atoms with E-state index in [-0.39, 0.29) is 0 Å². The van der Waals surface area contributed by atoms with Crippen LogP contribution in [0.5, 0.6) is 5.75 Å². The van der Waals surface area contributed by atoms with Gasteiger partial charge in [0.15, 0.2) is 5.75 Å². The van der Waals surface area contributed by atoms with Gasteiger partial charge in [0, 0.05) is 7.05 Å². The SMILES string of the molecule is Cc1ccc(N(C)CN(C)CN(C)C)c(OON)c1. The van der Waals surface area contributed by atoms with Gasteiger partial charge in [-0.3, -0.25) is 9.80 Å². The second-order valence-corrected chi connectivity index (χ2v) is 5.07. The molecule has 2 N–H and O–H groups in total. The van der Waals surface area contributed by atoms with E-state index in [2.05, 4.69) is 26.7 Å². The van der Waals surface area contributed by atoms with E-state index < -0.39 is 0 Å². The molecule has 0 aromatic heterocycles. The summed E-state index contributed by atoms with van der Waals surface area (Å²) in [5.41, 5.74) is 2.02. The molecule has 0 fully saturated rings. The van der Waals surface area contributed by atoms with Gasteiger partial charge in [-0.1, -0.05) is 11.1 Å². The van der Waals surface area contributed by atoms with Crippen LogP contribution in [-0.4, -0.2) is 51.3 Å². The number of rotatable bonds is 7. The molecule has 0 aliphatic heterocycles. The summed E-state index contributed by atoms with van der Waals surface area (Å²) in [7, 11) is 8.14. The number of hydrogen-bond donors (Lipinski definition) is 1. The van der Waals surface area contributed by atoms with E-state index in [1.54, 1.807) is 0 Å². The molecular weight excluding hydrogens is 244 g/mol. The Morgan fingerprint density at radius 1 is 1.11 bits per heavy atom. The molecule has 0 spiro atoms. The first-order valence-corrected chi connectivity index (χ1v) is 6.12. The van der Waals surface area contributed by atoms with Crippen LogP contribution in [0.4, 0.5) is 5.69 Å². The normalized spacial score (nSPS) is 11.2.